The van der Waals surface area contributed by atoms with Crippen molar-refractivity contribution in [1.82, 2.24) is 9.88 Å². The van der Waals surface area contributed by atoms with Crippen LogP contribution in [0.15, 0.2) is 18.3 Å². The van der Waals surface area contributed by atoms with E-state index < -0.39 is 0 Å². The molecule has 1 N–H and O–H groups in total. The highest BCUT2D eigenvalue weighted by Crippen LogP contribution is 2.16. The van der Waals surface area contributed by atoms with E-state index in [1.807, 2.05) is 19.3 Å². The van der Waals surface area contributed by atoms with Gasteiger partial charge in [-0.2, -0.15) is 0 Å². The third kappa shape index (κ3) is 3.20. The summed E-state index contributed by atoms with van der Waals surface area (Å²) >= 11 is 0. The molecule has 0 spiro atoms. The van der Waals surface area contributed by atoms with Crippen molar-refractivity contribution in [3.8, 4) is 0 Å². The number of nitrogens with one attached hydrogen (secondary N) is 1. The molecule has 90 valence electrons. The molecule has 16 heavy (non-hydrogen) atoms. The summed E-state index contributed by atoms with van der Waals surface area (Å²) in [5, 5.41) is 3.13. The van der Waals surface area contributed by atoms with E-state index in [1.165, 1.54) is 5.56 Å². The van der Waals surface area contributed by atoms with Crippen molar-refractivity contribution in [3.05, 3.63) is 23.9 Å². The third-order valence-electron chi connectivity index (χ3n) is 3.21. The van der Waals surface area contributed by atoms with Crippen LogP contribution in [0.5, 0.6) is 0 Å². The summed E-state index contributed by atoms with van der Waals surface area (Å²) in [5.41, 5.74) is 1.25. The van der Waals surface area contributed by atoms with Gasteiger partial charge in [-0.25, -0.2) is 4.98 Å². The zero-order valence-corrected chi connectivity index (χ0v) is 11.0. The Morgan fingerprint density at radius 2 is 2.06 bits per heavy atom. The van der Waals surface area contributed by atoms with Gasteiger partial charge in [-0.05, 0) is 26.0 Å². The zero-order valence-electron chi connectivity index (χ0n) is 11.0. The van der Waals surface area contributed by atoms with E-state index in [9.17, 15) is 0 Å². The minimum Gasteiger partial charge on any atom is -0.373 e. The van der Waals surface area contributed by atoms with Gasteiger partial charge in [0.05, 0.1) is 0 Å². The summed E-state index contributed by atoms with van der Waals surface area (Å²) < 4.78 is 0. The van der Waals surface area contributed by atoms with Crippen molar-refractivity contribution < 1.29 is 0 Å². The molecule has 0 aromatic carbocycles. The van der Waals surface area contributed by atoms with Crippen molar-refractivity contribution in [2.24, 2.45) is 5.92 Å². The maximum Gasteiger partial charge on any atom is 0.130 e. The van der Waals surface area contributed by atoms with Crippen LogP contribution < -0.4 is 5.32 Å². The van der Waals surface area contributed by atoms with Gasteiger partial charge < -0.3 is 5.32 Å². The first-order valence-corrected chi connectivity index (χ1v) is 5.88. The Morgan fingerprint density at radius 3 is 2.62 bits per heavy atom. The summed E-state index contributed by atoms with van der Waals surface area (Å²) in [7, 11) is 4.08. The first-order valence-electron chi connectivity index (χ1n) is 5.88. The van der Waals surface area contributed by atoms with Gasteiger partial charge in [-0.3, -0.25) is 4.90 Å². The molecule has 0 fully saturated rings. The molecule has 1 heterocycles. The maximum atomic E-state index is 4.32. The van der Waals surface area contributed by atoms with E-state index in [0.717, 1.165) is 12.4 Å². The van der Waals surface area contributed by atoms with Crippen molar-refractivity contribution in [3.63, 3.8) is 0 Å². The second-order valence-corrected chi connectivity index (χ2v) is 4.66. The number of aromatic nitrogens is 1. The summed E-state index contributed by atoms with van der Waals surface area (Å²) in [6, 6.07) is 4.69. The van der Waals surface area contributed by atoms with E-state index in [1.54, 1.807) is 0 Å². The van der Waals surface area contributed by atoms with Gasteiger partial charge in [-0.1, -0.05) is 19.9 Å². The second kappa shape index (κ2) is 5.85. The van der Waals surface area contributed by atoms with Gasteiger partial charge in [0.25, 0.3) is 0 Å². The number of rotatable bonds is 5. The van der Waals surface area contributed by atoms with Gasteiger partial charge in [0.2, 0.25) is 0 Å². The Hall–Kier alpha value is -1.09. The molecule has 1 atom stereocenters. The molecule has 0 aliphatic rings. The molecule has 0 amide bonds. The second-order valence-electron chi connectivity index (χ2n) is 4.66. The normalized spacial score (nSPS) is 13.2. The molecule has 0 radical (unpaired) electrons. The van der Waals surface area contributed by atoms with E-state index in [0.29, 0.717) is 12.0 Å². The number of hydrogen-bond acceptors (Lipinski definition) is 3. The largest absolute Gasteiger partial charge is 0.373 e. The highest BCUT2D eigenvalue weighted by atomic mass is 15.1. The minimum absolute atomic E-state index is 0.574. The van der Waals surface area contributed by atoms with E-state index in [4.69, 9.17) is 0 Å². The smallest absolute Gasteiger partial charge is 0.130 e. The van der Waals surface area contributed by atoms with Crippen LogP contribution in [0.25, 0.3) is 0 Å². The lowest BCUT2D eigenvalue weighted by atomic mass is 10.0. The highest BCUT2D eigenvalue weighted by Gasteiger charge is 2.14. The molecule has 1 aromatic rings. The maximum absolute atomic E-state index is 4.32. The fraction of sp³-hybridized carbons (Fsp3) is 0.615. The predicted octanol–water partition coefficient (Wildman–Crippen LogP) is 2.60. The van der Waals surface area contributed by atoms with Crippen LogP contribution in [-0.4, -0.2) is 30.0 Å². The summed E-state index contributed by atoms with van der Waals surface area (Å²) in [6.07, 6.45) is 1.82. The molecule has 0 aliphatic heterocycles. The molecule has 0 bridgehead atoms. The average Bonchev–Trinajstić information content (AvgIpc) is 2.28. The van der Waals surface area contributed by atoms with Crippen LogP contribution in [0.3, 0.4) is 0 Å². The van der Waals surface area contributed by atoms with Crippen LogP contribution in [-0.2, 0) is 6.54 Å². The lowest BCUT2D eigenvalue weighted by molar-refractivity contribution is 0.200. The lowest BCUT2D eigenvalue weighted by Crippen LogP contribution is -2.32. The van der Waals surface area contributed by atoms with Gasteiger partial charge >= 0.3 is 0 Å². The summed E-state index contributed by atoms with van der Waals surface area (Å²) in [5.74, 6) is 1.64. The topological polar surface area (TPSA) is 28.2 Å². The van der Waals surface area contributed by atoms with Crippen LogP contribution in [0.4, 0.5) is 5.82 Å². The predicted molar refractivity (Wildman–Crippen MR) is 69.6 cm³/mol. The van der Waals surface area contributed by atoms with Crippen molar-refractivity contribution >= 4 is 5.82 Å². The molecule has 0 saturated carbocycles. The fourth-order valence-electron chi connectivity index (χ4n) is 1.71. The Kier molecular flexibility index (Phi) is 4.74. The summed E-state index contributed by atoms with van der Waals surface area (Å²) in [4.78, 5) is 6.68. The molecule has 3 nitrogen and oxygen atoms in total. The summed E-state index contributed by atoms with van der Waals surface area (Å²) in [6.45, 7) is 7.70. The Bertz CT molecular complexity index is 323. The molecule has 3 heteroatoms. The Balaban J connectivity index is 2.72. The van der Waals surface area contributed by atoms with Crippen LogP contribution in [0, 0.1) is 5.92 Å². The van der Waals surface area contributed by atoms with E-state index in [-0.39, 0.29) is 0 Å². The molecule has 0 aliphatic carbocycles. The Morgan fingerprint density at radius 1 is 1.38 bits per heavy atom. The van der Waals surface area contributed by atoms with Crippen LogP contribution in [0.1, 0.15) is 26.3 Å². The quantitative estimate of drug-likeness (QED) is 0.828. The van der Waals surface area contributed by atoms with Crippen LogP contribution >= 0.6 is 0 Å². The van der Waals surface area contributed by atoms with Gasteiger partial charge in [0.1, 0.15) is 5.82 Å². The highest BCUT2D eigenvalue weighted by molar-refractivity contribution is 5.42. The van der Waals surface area contributed by atoms with E-state index in [2.05, 4.69) is 49.1 Å². The SMILES string of the molecule is CNc1ncccc1CN(C)C(C)C(C)C. The molecule has 1 aromatic heterocycles. The standard InChI is InChI=1S/C13H23N3/c1-10(2)11(3)16(5)9-12-7-6-8-15-13(12)14-4/h6-8,10-11H,9H2,1-5H3,(H,14,15). The number of nitrogens with zero attached hydrogens (tertiary/aromatic N) is 2. The zero-order chi connectivity index (χ0) is 12.1. The third-order valence-corrected chi connectivity index (χ3v) is 3.21. The van der Waals surface area contributed by atoms with E-state index >= 15 is 0 Å². The number of hydrogen-bond donors (Lipinski definition) is 1. The first-order chi connectivity index (χ1) is 7.56. The average molecular weight is 221 g/mol. The Labute approximate surface area is 98.9 Å². The lowest BCUT2D eigenvalue weighted by Gasteiger charge is -2.28. The molecular formula is C13H23N3. The first kappa shape index (κ1) is 13.0. The van der Waals surface area contributed by atoms with Crippen molar-refractivity contribution in [2.75, 3.05) is 19.4 Å². The molecule has 0 saturated heterocycles. The van der Waals surface area contributed by atoms with Crippen molar-refractivity contribution in [2.45, 2.75) is 33.4 Å². The van der Waals surface area contributed by atoms with Gasteiger partial charge in [0, 0.05) is 31.4 Å². The minimum atomic E-state index is 0.574. The molecule has 1 rings (SSSR count). The number of pyridine rings is 1. The van der Waals surface area contributed by atoms with Crippen LogP contribution in [0.2, 0.25) is 0 Å². The van der Waals surface area contributed by atoms with Gasteiger partial charge in [-0.15, -0.1) is 0 Å². The molecule has 1 unspecified atom stereocenters. The van der Waals surface area contributed by atoms with Crippen molar-refractivity contribution in [1.29, 1.82) is 0 Å². The monoisotopic (exact) mass is 221 g/mol. The molecular weight excluding hydrogens is 198 g/mol. The van der Waals surface area contributed by atoms with Gasteiger partial charge in [0.15, 0.2) is 0 Å². The fourth-order valence-corrected chi connectivity index (χ4v) is 1.71. The number of anilines is 1.